The number of aromatic nitrogens is 1. The molecule has 1 aromatic rings. The SMILES string of the molecule is [Cl-].[Fe+][c]1ccccn1. The molecule has 0 fully saturated rings. The van der Waals surface area contributed by atoms with E-state index in [1.54, 1.807) is 6.20 Å². The van der Waals surface area contributed by atoms with Gasteiger partial charge in [0.1, 0.15) is 0 Å². The molecule has 1 aromatic heterocycles. The van der Waals surface area contributed by atoms with Gasteiger partial charge < -0.3 is 12.4 Å². The third kappa shape index (κ3) is 2.31. The minimum absolute atomic E-state index is 0. The Bertz CT molecular complexity index is 142. The van der Waals surface area contributed by atoms with E-state index in [0.29, 0.717) is 0 Å². The summed E-state index contributed by atoms with van der Waals surface area (Å²) < 4.78 is 0.822. The molecule has 0 bridgehead atoms. The Morgan fingerprint density at radius 3 is 2.38 bits per heavy atom. The summed E-state index contributed by atoms with van der Waals surface area (Å²) in [6, 6.07) is 5.64. The summed E-state index contributed by atoms with van der Waals surface area (Å²) in [5.41, 5.74) is 0. The standard InChI is InChI=1S/C5H4N.ClH.Fe/c1-2-4-6-5-3-1;;/h1-4H;1H;/q;;+1/p-1. The predicted molar refractivity (Wildman–Crippen MR) is 23.9 cm³/mol. The maximum atomic E-state index is 3.87. The van der Waals surface area contributed by atoms with Crippen LogP contribution in [0, 0.1) is 0 Å². The van der Waals surface area contributed by atoms with Crippen molar-refractivity contribution in [3.63, 3.8) is 0 Å². The Kier molecular flexibility index (Phi) is 3.88. The van der Waals surface area contributed by atoms with E-state index in [1.165, 1.54) is 0 Å². The Labute approximate surface area is 62.7 Å². The number of halogens is 1. The van der Waals surface area contributed by atoms with Gasteiger partial charge in [0.2, 0.25) is 0 Å². The van der Waals surface area contributed by atoms with Gasteiger partial charge in [-0.05, 0) is 0 Å². The Hall–Kier alpha value is -0.0405. The fraction of sp³-hybridized carbons (Fsp3) is 0. The fourth-order valence-electron chi connectivity index (χ4n) is 0.338. The van der Waals surface area contributed by atoms with Crippen LogP contribution in [-0.2, 0) is 16.0 Å². The molecule has 0 amide bonds. The van der Waals surface area contributed by atoms with Crippen molar-refractivity contribution in [2.75, 3.05) is 0 Å². The topological polar surface area (TPSA) is 12.9 Å². The second-order valence-corrected chi connectivity index (χ2v) is 1.71. The first-order valence-corrected chi connectivity index (χ1v) is 2.50. The number of hydrogen-bond acceptors (Lipinski definition) is 1. The summed E-state index contributed by atoms with van der Waals surface area (Å²) in [5.74, 6) is 0. The van der Waals surface area contributed by atoms with Crippen LogP contribution >= 0.6 is 0 Å². The quantitative estimate of drug-likeness (QED) is 0.384. The van der Waals surface area contributed by atoms with Crippen molar-refractivity contribution < 1.29 is 28.4 Å². The van der Waals surface area contributed by atoms with Crippen molar-refractivity contribution in [1.82, 2.24) is 4.98 Å². The molecular weight excluding hydrogens is 165 g/mol. The monoisotopic (exact) mass is 169 g/mol. The van der Waals surface area contributed by atoms with E-state index in [0.717, 1.165) is 4.59 Å². The molecule has 0 radical (unpaired) electrons. The van der Waals surface area contributed by atoms with Crippen molar-refractivity contribution in [2.45, 2.75) is 0 Å². The third-order valence-electron chi connectivity index (χ3n) is 0.622. The first-order valence-electron chi connectivity index (χ1n) is 1.95. The normalized spacial score (nSPS) is 7.62. The van der Waals surface area contributed by atoms with Crippen molar-refractivity contribution >= 4 is 4.59 Å². The second kappa shape index (κ2) is 3.90. The van der Waals surface area contributed by atoms with Crippen LogP contribution in [0.1, 0.15) is 0 Å². The van der Waals surface area contributed by atoms with Crippen LogP contribution in [0.25, 0.3) is 0 Å². The zero-order valence-corrected chi connectivity index (χ0v) is 5.85. The molecular formula is C5H4ClFeN. The molecule has 0 aliphatic carbocycles. The Morgan fingerprint density at radius 2 is 2.12 bits per heavy atom. The zero-order valence-electron chi connectivity index (χ0n) is 3.99. The second-order valence-electron chi connectivity index (χ2n) is 1.14. The van der Waals surface area contributed by atoms with E-state index in [1.807, 2.05) is 18.2 Å². The third-order valence-corrected chi connectivity index (χ3v) is 0.948. The van der Waals surface area contributed by atoms with E-state index in [-0.39, 0.29) is 12.4 Å². The summed E-state index contributed by atoms with van der Waals surface area (Å²) in [4.78, 5) is 3.87. The molecule has 0 N–H and O–H groups in total. The fourth-order valence-corrected chi connectivity index (χ4v) is 0.526. The van der Waals surface area contributed by atoms with Crippen LogP contribution in [0.2, 0.25) is 0 Å². The number of hydrogen-bond donors (Lipinski definition) is 0. The van der Waals surface area contributed by atoms with Crippen molar-refractivity contribution in [1.29, 1.82) is 0 Å². The molecule has 1 nitrogen and oxygen atoms in total. The number of pyridine rings is 1. The minimum atomic E-state index is 0. The molecule has 1 heterocycles. The van der Waals surface area contributed by atoms with Gasteiger partial charge in [-0.3, -0.25) is 0 Å². The number of rotatable bonds is 0. The number of nitrogens with zero attached hydrogens (tertiary/aromatic N) is 1. The average Bonchev–Trinajstić information content (AvgIpc) is 1.69. The summed E-state index contributed by atoms with van der Waals surface area (Å²) in [6.45, 7) is 0. The molecule has 0 spiro atoms. The van der Waals surface area contributed by atoms with Gasteiger partial charge in [-0.25, -0.2) is 0 Å². The van der Waals surface area contributed by atoms with Crippen LogP contribution in [0.15, 0.2) is 24.4 Å². The van der Waals surface area contributed by atoms with Gasteiger partial charge in [-0.15, -0.1) is 0 Å². The van der Waals surface area contributed by atoms with Crippen molar-refractivity contribution in [3.05, 3.63) is 24.4 Å². The summed E-state index contributed by atoms with van der Waals surface area (Å²) >= 11 is 3.61. The molecule has 0 saturated carbocycles. The van der Waals surface area contributed by atoms with Gasteiger partial charge >= 0.3 is 50.0 Å². The van der Waals surface area contributed by atoms with Gasteiger partial charge in [0, 0.05) is 0 Å². The van der Waals surface area contributed by atoms with E-state index < -0.39 is 0 Å². The molecule has 3 heteroatoms. The van der Waals surface area contributed by atoms with E-state index >= 15 is 0 Å². The molecule has 0 saturated heterocycles. The van der Waals surface area contributed by atoms with Gasteiger partial charge in [-0.1, -0.05) is 0 Å². The van der Waals surface area contributed by atoms with Crippen molar-refractivity contribution in [3.8, 4) is 0 Å². The summed E-state index contributed by atoms with van der Waals surface area (Å²) in [7, 11) is 0. The van der Waals surface area contributed by atoms with E-state index in [2.05, 4.69) is 21.0 Å². The maximum absolute atomic E-state index is 3.87. The average molecular weight is 169 g/mol. The molecule has 0 aliphatic rings. The van der Waals surface area contributed by atoms with E-state index in [4.69, 9.17) is 0 Å². The van der Waals surface area contributed by atoms with Crippen LogP contribution in [0.3, 0.4) is 0 Å². The van der Waals surface area contributed by atoms with Crippen molar-refractivity contribution in [2.24, 2.45) is 0 Å². The molecule has 0 aromatic carbocycles. The summed E-state index contributed by atoms with van der Waals surface area (Å²) in [6.07, 6.45) is 1.72. The molecule has 8 heavy (non-hydrogen) atoms. The van der Waals surface area contributed by atoms with Gasteiger partial charge in [0.25, 0.3) is 0 Å². The summed E-state index contributed by atoms with van der Waals surface area (Å²) in [5, 5.41) is 0. The molecule has 44 valence electrons. The Morgan fingerprint density at radius 1 is 1.38 bits per heavy atom. The molecule has 0 aliphatic heterocycles. The first kappa shape index (κ1) is 7.96. The molecule has 0 atom stereocenters. The van der Waals surface area contributed by atoms with Crippen LogP contribution in [0.5, 0.6) is 0 Å². The van der Waals surface area contributed by atoms with Gasteiger partial charge in [-0.2, -0.15) is 0 Å². The van der Waals surface area contributed by atoms with Gasteiger partial charge in [0.15, 0.2) is 0 Å². The predicted octanol–water partition coefficient (Wildman–Crippen LogP) is -2.74. The zero-order chi connectivity index (χ0) is 5.11. The molecule has 0 unspecified atom stereocenters. The van der Waals surface area contributed by atoms with Crippen LogP contribution < -0.4 is 17.0 Å². The molecule has 1 rings (SSSR count). The van der Waals surface area contributed by atoms with Gasteiger partial charge in [0.05, 0.1) is 0 Å². The first-order chi connectivity index (χ1) is 3.39. The van der Waals surface area contributed by atoms with Crippen LogP contribution in [0.4, 0.5) is 0 Å². The van der Waals surface area contributed by atoms with E-state index in [9.17, 15) is 0 Å². The van der Waals surface area contributed by atoms with Crippen LogP contribution in [-0.4, -0.2) is 4.98 Å². The Balaban J connectivity index is 0.000000490.